The standard InChI is InChI=1S/C35H48F3N7O6S/c1-24(2)45(27-16-35(37,38)17-27)33(46)29-15-25(36)3-6-30(29)51-31-18-39-23-40-32(31)43-21-34(22-43)7-9-42(10-8-34)19-28-5-4-26(20-50-28)41-52(47,48)44-11-13-49-14-12-44/h3,6,15,18,23-24,26-28,41H,4-5,7-14,16-17,19-22H2,1-2H3/t26-,28+/m1/s1. The largest absolute Gasteiger partial charge is 0.451 e. The molecule has 2 aromatic rings. The molecule has 0 radical (unpaired) electrons. The summed E-state index contributed by atoms with van der Waals surface area (Å²) < 4.78 is 89.3. The highest BCUT2D eigenvalue weighted by Gasteiger charge is 2.50. The second-order valence-electron chi connectivity index (χ2n) is 15.2. The average molecular weight is 752 g/mol. The maximum Gasteiger partial charge on any atom is 0.279 e. The number of hydrogen-bond donors (Lipinski definition) is 1. The molecule has 1 aliphatic carbocycles. The summed E-state index contributed by atoms with van der Waals surface area (Å²) in [6.45, 7) is 9.59. The fourth-order valence-corrected chi connectivity index (χ4v) is 9.51. The molecule has 0 bridgehead atoms. The van der Waals surface area contributed by atoms with Gasteiger partial charge in [0.25, 0.3) is 22.0 Å². The van der Waals surface area contributed by atoms with Gasteiger partial charge in [-0.25, -0.2) is 23.1 Å². The van der Waals surface area contributed by atoms with Crippen molar-refractivity contribution in [1.29, 1.82) is 0 Å². The fourth-order valence-electron chi connectivity index (χ4n) is 8.13. The maximum atomic E-state index is 14.5. The molecule has 52 heavy (non-hydrogen) atoms. The number of nitrogens with zero attached hydrogens (tertiary/aromatic N) is 6. The van der Waals surface area contributed by atoms with Crippen LogP contribution in [0, 0.1) is 11.2 Å². The molecule has 17 heteroatoms. The Labute approximate surface area is 303 Å². The molecule has 0 unspecified atom stereocenters. The molecule has 1 saturated carbocycles. The second kappa shape index (κ2) is 15.0. The van der Waals surface area contributed by atoms with Gasteiger partial charge in [0.05, 0.1) is 37.7 Å². The van der Waals surface area contributed by atoms with Crippen LogP contribution in [0.3, 0.4) is 0 Å². The number of carbonyl (C=O) groups is 1. The van der Waals surface area contributed by atoms with Crippen LogP contribution in [-0.2, 0) is 19.7 Å². The van der Waals surface area contributed by atoms with Crippen molar-refractivity contribution in [2.45, 2.75) is 82.5 Å². The van der Waals surface area contributed by atoms with Crippen LogP contribution in [-0.4, -0.2) is 134 Å². The third kappa shape index (κ3) is 8.18. The number of likely N-dealkylation sites (tertiary alicyclic amines) is 1. The van der Waals surface area contributed by atoms with Gasteiger partial charge in [-0.1, -0.05) is 0 Å². The van der Waals surface area contributed by atoms with Gasteiger partial charge in [0.2, 0.25) is 0 Å². The normalized spacial score (nSPS) is 25.5. The predicted octanol–water partition coefficient (Wildman–Crippen LogP) is 3.67. The molecule has 1 N–H and O–H groups in total. The quantitative estimate of drug-likeness (QED) is 0.363. The molecular formula is C35H48F3N7O6S. The van der Waals surface area contributed by atoms with Crippen molar-refractivity contribution in [3.05, 3.63) is 42.1 Å². The number of carbonyl (C=O) groups excluding carboxylic acids is 1. The van der Waals surface area contributed by atoms with Crippen molar-refractivity contribution in [2.24, 2.45) is 5.41 Å². The van der Waals surface area contributed by atoms with E-state index in [4.69, 9.17) is 14.2 Å². The molecule has 5 aliphatic rings. The van der Waals surface area contributed by atoms with E-state index in [9.17, 15) is 26.4 Å². The van der Waals surface area contributed by atoms with E-state index >= 15 is 0 Å². The Balaban J connectivity index is 0.914. The Bertz CT molecular complexity index is 1680. The molecule has 5 fully saturated rings. The van der Waals surface area contributed by atoms with Gasteiger partial charge in [-0.05, 0) is 70.8 Å². The predicted molar refractivity (Wildman–Crippen MR) is 185 cm³/mol. The van der Waals surface area contributed by atoms with Gasteiger partial charge >= 0.3 is 0 Å². The van der Waals surface area contributed by atoms with Crippen LogP contribution in [0.5, 0.6) is 11.5 Å². The Morgan fingerprint density at radius 3 is 2.48 bits per heavy atom. The molecule has 5 heterocycles. The molecule has 4 aliphatic heterocycles. The third-order valence-electron chi connectivity index (χ3n) is 11.0. The lowest BCUT2D eigenvalue weighted by Crippen LogP contribution is -2.61. The molecule has 2 atom stereocenters. The SMILES string of the molecule is CC(C)N(C(=O)c1cc(F)ccc1Oc1cncnc1N1CC2(CCN(C[C@@H]3CC[C@@H](NS(=O)(=O)N4CCOCC4)CO3)CC2)C1)C1CC(F)(F)C1. The van der Waals surface area contributed by atoms with E-state index in [-0.39, 0.29) is 34.9 Å². The van der Waals surface area contributed by atoms with E-state index in [0.717, 1.165) is 64.5 Å². The van der Waals surface area contributed by atoms with Gasteiger partial charge in [-0.2, -0.15) is 17.4 Å². The number of hydrogen-bond acceptors (Lipinski definition) is 10. The zero-order valence-corrected chi connectivity index (χ0v) is 30.5. The van der Waals surface area contributed by atoms with Gasteiger partial charge in [0.1, 0.15) is 17.9 Å². The summed E-state index contributed by atoms with van der Waals surface area (Å²) in [6, 6.07) is 2.41. The lowest BCUT2D eigenvalue weighted by atomic mass is 9.72. The molecule has 13 nitrogen and oxygen atoms in total. The summed E-state index contributed by atoms with van der Waals surface area (Å²) in [5, 5.41) is 0. The number of aromatic nitrogens is 2. The number of anilines is 1. The fraction of sp³-hybridized carbons (Fsp3) is 0.686. The van der Waals surface area contributed by atoms with Crippen LogP contribution in [0.2, 0.25) is 0 Å². The lowest BCUT2D eigenvalue weighted by Gasteiger charge is -2.54. The summed E-state index contributed by atoms with van der Waals surface area (Å²) in [6.07, 6.45) is 5.68. The highest BCUT2D eigenvalue weighted by atomic mass is 32.2. The summed E-state index contributed by atoms with van der Waals surface area (Å²) in [4.78, 5) is 28.3. The Kier molecular flexibility index (Phi) is 10.7. The van der Waals surface area contributed by atoms with Crippen molar-refractivity contribution < 1.29 is 40.6 Å². The molecule has 4 saturated heterocycles. The minimum Gasteiger partial charge on any atom is -0.451 e. The number of benzene rings is 1. The summed E-state index contributed by atoms with van der Waals surface area (Å²) in [5.41, 5.74) is 0.0761. The van der Waals surface area contributed by atoms with Crippen LogP contribution < -0.4 is 14.4 Å². The Morgan fingerprint density at radius 1 is 1.10 bits per heavy atom. The lowest BCUT2D eigenvalue weighted by molar-refractivity contribution is -0.120. The molecule has 286 valence electrons. The number of ether oxygens (including phenoxy) is 3. The molecule has 1 amide bonds. The van der Waals surface area contributed by atoms with Crippen LogP contribution >= 0.6 is 0 Å². The first kappa shape index (κ1) is 37.2. The van der Waals surface area contributed by atoms with E-state index < -0.39 is 46.7 Å². The minimum absolute atomic E-state index is 0.0436. The summed E-state index contributed by atoms with van der Waals surface area (Å²) in [5.74, 6) is -3.02. The van der Waals surface area contributed by atoms with Crippen LogP contribution in [0.25, 0.3) is 0 Å². The third-order valence-corrected chi connectivity index (χ3v) is 12.7. The first-order chi connectivity index (χ1) is 24.8. The first-order valence-electron chi connectivity index (χ1n) is 18.2. The summed E-state index contributed by atoms with van der Waals surface area (Å²) in [7, 11) is -3.56. The highest BCUT2D eigenvalue weighted by molar-refractivity contribution is 7.87. The van der Waals surface area contributed by atoms with Crippen molar-refractivity contribution in [2.75, 3.05) is 70.5 Å². The van der Waals surface area contributed by atoms with E-state index in [2.05, 4.69) is 24.5 Å². The van der Waals surface area contributed by atoms with Crippen LogP contribution in [0.1, 0.15) is 62.7 Å². The van der Waals surface area contributed by atoms with E-state index in [1.165, 1.54) is 33.9 Å². The number of piperidine rings is 1. The van der Waals surface area contributed by atoms with Gasteiger partial charge < -0.3 is 28.9 Å². The van der Waals surface area contributed by atoms with E-state index in [0.29, 0.717) is 44.5 Å². The minimum atomic E-state index is -3.56. The highest BCUT2D eigenvalue weighted by Crippen LogP contribution is 2.46. The number of halogens is 3. The monoisotopic (exact) mass is 751 g/mol. The van der Waals surface area contributed by atoms with Gasteiger partial charge in [0.15, 0.2) is 11.6 Å². The zero-order valence-electron chi connectivity index (χ0n) is 29.7. The molecule has 1 spiro atoms. The first-order valence-corrected chi connectivity index (χ1v) is 19.7. The van der Waals surface area contributed by atoms with Crippen molar-refractivity contribution in [3.8, 4) is 11.5 Å². The molecule has 7 rings (SSSR count). The number of rotatable bonds is 11. The van der Waals surface area contributed by atoms with Crippen LogP contribution in [0.15, 0.2) is 30.7 Å². The Hall–Kier alpha value is -3.09. The number of alkyl halides is 2. The van der Waals surface area contributed by atoms with Crippen molar-refractivity contribution in [1.82, 2.24) is 28.8 Å². The van der Waals surface area contributed by atoms with E-state index in [1.54, 1.807) is 13.8 Å². The van der Waals surface area contributed by atoms with Gasteiger partial charge in [-0.15, -0.1) is 0 Å². The van der Waals surface area contributed by atoms with Crippen LogP contribution in [0.4, 0.5) is 19.0 Å². The second-order valence-corrected chi connectivity index (χ2v) is 16.9. The number of amides is 1. The van der Waals surface area contributed by atoms with Crippen molar-refractivity contribution in [3.63, 3.8) is 0 Å². The summed E-state index contributed by atoms with van der Waals surface area (Å²) >= 11 is 0. The van der Waals surface area contributed by atoms with Crippen molar-refractivity contribution >= 4 is 21.9 Å². The number of nitrogens with one attached hydrogen (secondary N) is 1. The maximum absolute atomic E-state index is 14.5. The zero-order chi connectivity index (χ0) is 36.7. The average Bonchev–Trinajstić information content (AvgIpc) is 3.09. The van der Waals surface area contributed by atoms with E-state index in [1.807, 2.05) is 0 Å². The molecule has 1 aromatic heterocycles. The molecular weight excluding hydrogens is 703 g/mol. The topological polar surface area (TPSA) is 130 Å². The number of morpholine rings is 1. The Morgan fingerprint density at radius 2 is 1.83 bits per heavy atom. The smallest absolute Gasteiger partial charge is 0.279 e. The molecule has 1 aromatic carbocycles. The van der Waals surface area contributed by atoms with Gasteiger partial charge in [-0.3, -0.25) is 4.79 Å². The van der Waals surface area contributed by atoms with Gasteiger partial charge in [0, 0.05) is 69.1 Å².